The summed E-state index contributed by atoms with van der Waals surface area (Å²) in [5.74, 6) is 4.89. The van der Waals surface area contributed by atoms with Gasteiger partial charge in [0.15, 0.2) is 0 Å². The van der Waals surface area contributed by atoms with E-state index in [1.165, 1.54) is 4.57 Å². The van der Waals surface area contributed by atoms with Crippen molar-refractivity contribution in [1.82, 2.24) is 14.5 Å². The van der Waals surface area contributed by atoms with Gasteiger partial charge in [-0.15, -0.1) is 0 Å². The molecule has 2 aromatic heterocycles. The van der Waals surface area contributed by atoms with Crippen molar-refractivity contribution < 1.29 is 9.90 Å². The average molecular weight is 293 g/mol. The molecule has 0 radical (unpaired) electrons. The number of carbonyl (C=O) groups is 1. The van der Waals surface area contributed by atoms with Crippen molar-refractivity contribution in [2.45, 2.75) is 6.54 Å². The quantitative estimate of drug-likeness (QED) is 0.695. The largest absolute Gasteiger partial charge is 0.480 e. The number of pyridine rings is 1. The molecule has 3 aromatic rings. The minimum atomic E-state index is -1.07. The number of nitrogens with one attached hydrogen (secondary N) is 1. The van der Waals surface area contributed by atoms with Crippen LogP contribution in [0.1, 0.15) is 11.1 Å². The topological polar surface area (TPSA) is 88.0 Å². The Balaban J connectivity index is 2.00. The summed E-state index contributed by atoms with van der Waals surface area (Å²) >= 11 is 0. The van der Waals surface area contributed by atoms with Crippen LogP contribution in [0.15, 0.2) is 47.5 Å². The summed E-state index contributed by atoms with van der Waals surface area (Å²) in [4.78, 5) is 29.2. The maximum atomic E-state index is 11.8. The van der Waals surface area contributed by atoms with Gasteiger partial charge in [-0.2, -0.15) is 0 Å². The van der Waals surface area contributed by atoms with E-state index in [-0.39, 0.29) is 6.54 Å². The number of aromatic nitrogens is 3. The van der Waals surface area contributed by atoms with Crippen molar-refractivity contribution >= 4 is 17.0 Å². The number of hydrogen-bond donors (Lipinski definition) is 2. The highest BCUT2D eigenvalue weighted by molar-refractivity contribution is 5.79. The van der Waals surface area contributed by atoms with Gasteiger partial charge in [-0.05, 0) is 30.3 Å². The molecule has 2 N–H and O–H groups in total. The third-order valence-corrected chi connectivity index (χ3v) is 3.08. The van der Waals surface area contributed by atoms with Crippen LogP contribution < -0.4 is 5.69 Å². The Kier molecular flexibility index (Phi) is 3.46. The van der Waals surface area contributed by atoms with Gasteiger partial charge in [0.2, 0.25) is 0 Å². The summed E-state index contributed by atoms with van der Waals surface area (Å²) in [5.41, 5.74) is 2.16. The summed E-state index contributed by atoms with van der Waals surface area (Å²) < 4.78 is 1.18. The maximum Gasteiger partial charge on any atom is 0.327 e. The fourth-order valence-electron chi connectivity index (χ4n) is 2.11. The highest BCUT2D eigenvalue weighted by Gasteiger charge is 2.09. The van der Waals surface area contributed by atoms with Crippen molar-refractivity contribution in [3.8, 4) is 11.8 Å². The molecule has 6 nitrogen and oxygen atoms in total. The Morgan fingerprint density at radius 2 is 2.09 bits per heavy atom. The monoisotopic (exact) mass is 293 g/mol. The molecule has 0 aliphatic rings. The number of carboxylic acids is 1. The SMILES string of the molecule is O=C(O)Cn1c(=O)[nH]c2cc(C#Cc3cccnc3)ccc21. The minimum absolute atomic E-state index is 0.375. The first-order valence-corrected chi connectivity index (χ1v) is 6.50. The number of nitrogens with zero attached hydrogens (tertiary/aromatic N) is 2. The van der Waals surface area contributed by atoms with Gasteiger partial charge in [0.25, 0.3) is 0 Å². The molecule has 0 aliphatic heterocycles. The van der Waals surface area contributed by atoms with E-state index in [0.29, 0.717) is 11.0 Å². The molecule has 0 saturated heterocycles. The summed E-state index contributed by atoms with van der Waals surface area (Å²) in [6.07, 6.45) is 3.34. The van der Waals surface area contributed by atoms with Crippen LogP contribution in [0.25, 0.3) is 11.0 Å². The number of aliphatic carboxylic acids is 1. The number of rotatable bonds is 2. The van der Waals surface area contributed by atoms with Gasteiger partial charge in [0.05, 0.1) is 11.0 Å². The van der Waals surface area contributed by atoms with Crippen molar-refractivity contribution in [2.75, 3.05) is 0 Å². The van der Waals surface area contributed by atoms with Crippen LogP contribution in [0.2, 0.25) is 0 Å². The molecular formula is C16H11N3O3. The van der Waals surface area contributed by atoms with Gasteiger partial charge in [-0.1, -0.05) is 11.8 Å². The lowest BCUT2D eigenvalue weighted by molar-refractivity contribution is -0.137. The zero-order valence-corrected chi connectivity index (χ0v) is 11.4. The van der Waals surface area contributed by atoms with Gasteiger partial charge in [0, 0.05) is 23.5 Å². The first kappa shape index (κ1) is 13.6. The molecule has 0 fully saturated rings. The molecule has 0 atom stereocenters. The first-order valence-electron chi connectivity index (χ1n) is 6.50. The number of fused-ring (bicyclic) bond motifs is 1. The highest BCUT2D eigenvalue weighted by Crippen LogP contribution is 2.12. The highest BCUT2D eigenvalue weighted by atomic mass is 16.4. The molecule has 108 valence electrons. The molecule has 22 heavy (non-hydrogen) atoms. The molecule has 0 amide bonds. The number of imidazole rings is 1. The number of benzene rings is 1. The van der Waals surface area contributed by atoms with Gasteiger partial charge >= 0.3 is 11.7 Å². The molecule has 0 saturated carbocycles. The standard InChI is InChI=1S/C16H11N3O3/c20-15(21)10-19-14-6-5-11(8-13(14)18-16(19)22)3-4-12-2-1-7-17-9-12/h1-2,5-9H,10H2,(H,18,22)(H,20,21). The third kappa shape index (κ3) is 2.74. The van der Waals surface area contributed by atoms with Gasteiger partial charge < -0.3 is 10.1 Å². The zero-order chi connectivity index (χ0) is 15.5. The normalized spacial score (nSPS) is 10.2. The minimum Gasteiger partial charge on any atom is -0.480 e. The molecule has 6 heteroatoms. The fraction of sp³-hybridized carbons (Fsp3) is 0.0625. The Bertz CT molecular complexity index is 959. The fourth-order valence-corrected chi connectivity index (χ4v) is 2.11. The van der Waals surface area contributed by atoms with E-state index in [1.54, 1.807) is 36.7 Å². The Morgan fingerprint density at radius 1 is 1.27 bits per heavy atom. The number of hydrogen-bond acceptors (Lipinski definition) is 3. The molecule has 0 aliphatic carbocycles. The van der Waals surface area contributed by atoms with Crippen molar-refractivity contribution in [3.05, 3.63) is 64.3 Å². The first-order chi connectivity index (χ1) is 10.6. The van der Waals surface area contributed by atoms with Crippen LogP contribution in [0.4, 0.5) is 0 Å². The number of H-pyrrole nitrogens is 1. The predicted molar refractivity (Wildman–Crippen MR) is 80.4 cm³/mol. The lowest BCUT2D eigenvalue weighted by atomic mass is 10.2. The van der Waals surface area contributed by atoms with Crippen molar-refractivity contribution in [3.63, 3.8) is 0 Å². The summed E-state index contributed by atoms with van der Waals surface area (Å²) in [6, 6.07) is 8.81. The summed E-state index contributed by atoms with van der Waals surface area (Å²) in [5, 5.41) is 8.83. The third-order valence-electron chi connectivity index (χ3n) is 3.08. The van der Waals surface area contributed by atoms with E-state index < -0.39 is 11.7 Å². The second-order valence-electron chi connectivity index (χ2n) is 4.63. The molecule has 0 spiro atoms. The van der Waals surface area contributed by atoms with Crippen LogP contribution in [0.3, 0.4) is 0 Å². The lowest BCUT2D eigenvalue weighted by Crippen LogP contribution is -2.21. The summed E-state index contributed by atoms with van der Waals surface area (Å²) in [6.45, 7) is -0.375. The Morgan fingerprint density at radius 3 is 2.82 bits per heavy atom. The molecular weight excluding hydrogens is 282 g/mol. The van der Waals surface area contributed by atoms with Crippen molar-refractivity contribution in [1.29, 1.82) is 0 Å². The van der Waals surface area contributed by atoms with E-state index in [9.17, 15) is 9.59 Å². The zero-order valence-electron chi connectivity index (χ0n) is 11.4. The van der Waals surface area contributed by atoms with Crippen LogP contribution in [-0.4, -0.2) is 25.6 Å². The van der Waals surface area contributed by atoms with Crippen LogP contribution in [0, 0.1) is 11.8 Å². The van der Waals surface area contributed by atoms with Gasteiger partial charge in [-0.25, -0.2) is 4.79 Å². The molecule has 2 heterocycles. The smallest absolute Gasteiger partial charge is 0.327 e. The van der Waals surface area contributed by atoms with Crippen LogP contribution in [-0.2, 0) is 11.3 Å². The van der Waals surface area contributed by atoms with E-state index in [1.807, 2.05) is 6.07 Å². The van der Waals surface area contributed by atoms with Crippen molar-refractivity contribution in [2.24, 2.45) is 0 Å². The summed E-state index contributed by atoms with van der Waals surface area (Å²) in [7, 11) is 0. The second-order valence-corrected chi connectivity index (χ2v) is 4.63. The maximum absolute atomic E-state index is 11.8. The second kappa shape index (κ2) is 5.58. The van der Waals surface area contributed by atoms with E-state index in [0.717, 1.165) is 11.1 Å². The van der Waals surface area contributed by atoms with E-state index in [4.69, 9.17) is 5.11 Å². The predicted octanol–water partition coefficient (Wildman–Crippen LogP) is 1.21. The van der Waals surface area contributed by atoms with Gasteiger partial charge in [0.1, 0.15) is 6.54 Å². The van der Waals surface area contributed by atoms with Crippen LogP contribution >= 0.6 is 0 Å². The molecule has 0 bridgehead atoms. The number of carboxylic acid groups (broad SMARTS) is 1. The Labute approximate surface area is 125 Å². The molecule has 1 aromatic carbocycles. The van der Waals surface area contributed by atoms with E-state index in [2.05, 4.69) is 21.8 Å². The lowest BCUT2D eigenvalue weighted by Gasteiger charge is -1.98. The molecule has 0 unspecified atom stereocenters. The Hall–Kier alpha value is -3.33. The molecule has 3 rings (SSSR count). The number of aromatic amines is 1. The van der Waals surface area contributed by atoms with Crippen LogP contribution in [0.5, 0.6) is 0 Å². The van der Waals surface area contributed by atoms with E-state index >= 15 is 0 Å². The van der Waals surface area contributed by atoms with Gasteiger partial charge in [-0.3, -0.25) is 14.3 Å². The average Bonchev–Trinajstić information content (AvgIpc) is 2.81.